The summed E-state index contributed by atoms with van der Waals surface area (Å²) in [6.07, 6.45) is 0.704. The van der Waals surface area contributed by atoms with Crippen LogP contribution in [-0.2, 0) is 11.2 Å². The highest BCUT2D eigenvalue weighted by molar-refractivity contribution is 8.24. The molecule has 19 heavy (non-hydrogen) atoms. The molecule has 1 fully saturated rings. The van der Waals surface area contributed by atoms with Gasteiger partial charge in [0.05, 0.1) is 5.25 Å². The van der Waals surface area contributed by atoms with E-state index >= 15 is 0 Å². The molecule has 1 saturated heterocycles. The van der Waals surface area contributed by atoms with Crippen molar-refractivity contribution >= 4 is 45.8 Å². The monoisotopic (exact) mass is 313 g/mol. The van der Waals surface area contributed by atoms with E-state index in [1.807, 2.05) is 24.3 Å². The molecule has 102 valence electrons. The molecule has 0 saturated carbocycles. The minimum atomic E-state index is -0.0903. The molecule has 1 aromatic rings. The van der Waals surface area contributed by atoms with Crippen LogP contribution >= 0.6 is 35.6 Å². The Morgan fingerprint density at radius 2 is 2.00 bits per heavy atom. The molecule has 0 unspecified atom stereocenters. The first-order chi connectivity index (χ1) is 8.97. The third-order valence-corrected chi connectivity index (χ3v) is 4.72. The second-order valence-corrected chi connectivity index (χ2v) is 7.32. The second kappa shape index (κ2) is 6.25. The average molecular weight is 314 g/mol. The molecular weight excluding hydrogens is 298 g/mol. The second-order valence-electron chi connectivity index (χ2n) is 5.05. The van der Waals surface area contributed by atoms with Gasteiger partial charge in [-0.3, -0.25) is 9.69 Å². The molecule has 0 bridgehead atoms. The molecule has 1 aliphatic rings. The minimum absolute atomic E-state index is 0.0903. The Balaban J connectivity index is 2.04. The quantitative estimate of drug-likeness (QED) is 0.789. The van der Waals surface area contributed by atoms with Crippen LogP contribution in [0.15, 0.2) is 24.3 Å². The van der Waals surface area contributed by atoms with Gasteiger partial charge in [-0.05, 0) is 30.0 Å². The number of thioether (sulfide) groups is 1. The van der Waals surface area contributed by atoms with Crippen LogP contribution in [0.4, 0.5) is 0 Å². The molecule has 0 radical (unpaired) electrons. The lowest BCUT2D eigenvalue weighted by Gasteiger charge is -2.17. The van der Waals surface area contributed by atoms with Crippen molar-refractivity contribution < 1.29 is 4.79 Å². The highest BCUT2D eigenvalue weighted by Gasteiger charge is 2.36. The predicted octanol–water partition coefficient (Wildman–Crippen LogP) is 3.77. The fourth-order valence-electron chi connectivity index (χ4n) is 1.99. The summed E-state index contributed by atoms with van der Waals surface area (Å²) in [6.45, 7) is 4.89. The summed E-state index contributed by atoms with van der Waals surface area (Å²) >= 11 is 12.7. The van der Waals surface area contributed by atoms with Gasteiger partial charge in [-0.15, -0.1) is 0 Å². The highest BCUT2D eigenvalue weighted by atomic mass is 35.5. The van der Waals surface area contributed by atoms with E-state index < -0.39 is 0 Å². The van der Waals surface area contributed by atoms with Crippen molar-refractivity contribution in [2.75, 3.05) is 6.54 Å². The zero-order valence-electron chi connectivity index (χ0n) is 10.9. The Bertz CT molecular complexity index is 487. The standard InChI is InChI=1S/C14H16ClNOS2/c1-9(2)8-16-13(17)12(19-14(16)18)7-10-3-5-11(15)6-4-10/h3-6,9,12H,7-8H2,1-2H3/t12-/m1/s1. The number of nitrogens with zero attached hydrogens (tertiary/aromatic N) is 1. The lowest BCUT2D eigenvalue weighted by atomic mass is 10.1. The maximum Gasteiger partial charge on any atom is 0.241 e. The summed E-state index contributed by atoms with van der Waals surface area (Å²) in [5.74, 6) is 0.565. The first-order valence-electron chi connectivity index (χ1n) is 6.24. The maximum atomic E-state index is 12.3. The zero-order valence-corrected chi connectivity index (χ0v) is 13.3. The molecule has 1 atom stereocenters. The van der Waals surface area contributed by atoms with Gasteiger partial charge in [0, 0.05) is 11.6 Å². The van der Waals surface area contributed by atoms with Crippen molar-refractivity contribution in [2.45, 2.75) is 25.5 Å². The molecule has 1 amide bonds. The van der Waals surface area contributed by atoms with Crippen molar-refractivity contribution in [1.29, 1.82) is 0 Å². The molecule has 1 aliphatic heterocycles. The Morgan fingerprint density at radius 1 is 1.37 bits per heavy atom. The van der Waals surface area contributed by atoms with Crippen molar-refractivity contribution in [3.8, 4) is 0 Å². The van der Waals surface area contributed by atoms with Crippen LogP contribution in [0, 0.1) is 5.92 Å². The molecule has 0 N–H and O–H groups in total. The molecular formula is C14H16ClNOS2. The van der Waals surface area contributed by atoms with Crippen LogP contribution < -0.4 is 0 Å². The molecule has 1 heterocycles. The van der Waals surface area contributed by atoms with Crippen molar-refractivity contribution in [2.24, 2.45) is 5.92 Å². The fraction of sp³-hybridized carbons (Fsp3) is 0.429. The zero-order chi connectivity index (χ0) is 14.0. The molecule has 0 spiro atoms. The lowest BCUT2D eigenvalue weighted by molar-refractivity contribution is -0.126. The number of hydrogen-bond acceptors (Lipinski definition) is 3. The van der Waals surface area contributed by atoms with E-state index in [2.05, 4.69) is 13.8 Å². The molecule has 1 aromatic carbocycles. The van der Waals surface area contributed by atoms with Gasteiger partial charge in [0.1, 0.15) is 4.32 Å². The number of carbonyl (C=O) groups is 1. The number of benzene rings is 1. The van der Waals surface area contributed by atoms with Crippen molar-refractivity contribution in [1.82, 2.24) is 4.90 Å². The third-order valence-electron chi connectivity index (χ3n) is 2.89. The van der Waals surface area contributed by atoms with Crippen LogP contribution in [0.2, 0.25) is 5.02 Å². The lowest BCUT2D eigenvalue weighted by Crippen LogP contribution is -2.34. The summed E-state index contributed by atoms with van der Waals surface area (Å²) in [7, 11) is 0. The first kappa shape index (κ1) is 14.8. The number of amides is 1. The van der Waals surface area contributed by atoms with E-state index in [4.69, 9.17) is 23.8 Å². The van der Waals surface area contributed by atoms with Gasteiger partial charge >= 0.3 is 0 Å². The molecule has 2 rings (SSSR count). The summed E-state index contributed by atoms with van der Waals surface area (Å²) in [5.41, 5.74) is 1.12. The average Bonchev–Trinajstić information content (AvgIpc) is 2.60. The summed E-state index contributed by atoms with van der Waals surface area (Å²) in [4.78, 5) is 14.1. The van der Waals surface area contributed by atoms with Gasteiger partial charge in [-0.25, -0.2) is 0 Å². The fourth-order valence-corrected chi connectivity index (χ4v) is 3.67. The summed E-state index contributed by atoms with van der Waals surface area (Å²) in [5, 5.41) is 0.624. The highest BCUT2D eigenvalue weighted by Crippen LogP contribution is 2.30. The van der Waals surface area contributed by atoms with Crippen LogP contribution in [-0.4, -0.2) is 26.9 Å². The first-order valence-corrected chi connectivity index (χ1v) is 7.90. The Morgan fingerprint density at radius 3 is 2.58 bits per heavy atom. The van der Waals surface area contributed by atoms with E-state index in [1.54, 1.807) is 4.90 Å². The molecule has 0 aromatic heterocycles. The van der Waals surface area contributed by atoms with E-state index in [9.17, 15) is 4.79 Å². The van der Waals surface area contributed by atoms with E-state index in [0.29, 0.717) is 28.2 Å². The van der Waals surface area contributed by atoms with Gasteiger partial charge < -0.3 is 0 Å². The smallest absolute Gasteiger partial charge is 0.241 e. The Kier molecular flexibility index (Phi) is 4.87. The van der Waals surface area contributed by atoms with E-state index in [0.717, 1.165) is 5.56 Å². The van der Waals surface area contributed by atoms with Gasteiger partial charge in [-0.1, -0.05) is 61.6 Å². The van der Waals surface area contributed by atoms with Gasteiger partial charge in [0.15, 0.2) is 0 Å². The predicted molar refractivity (Wildman–Crippen MR) is 85.7 cm³/mol. The van der Waals surface area contributed by atoms with E-state index in [1.165, 1.54) is 11.8 Å². The number of thiocarbonyl (C=S) groups is 1. The van der Waals surface area contributed by atoms with Crippen LogP contribution in [0.25, 0.3) is 0 Å². The largest absolute Gasteiger partial charge is 0.296 e. The van der Waals surface area contributed by atoms with Crippen LogP contribution in [0.3, 0.4) is 0 Å². The van der Waals surface area contributed by atoms with Gasteiger partial charge in [0.2, 0.25) is 5.91 Å². The van der Waals surface area contributed by atoms with E-state index in [-0.39, 0.29) is 11.2 Å². The molecule has 5 heteroatoms. The molecule has 0 aliphatic carbocycles. The Labute approximate surface area is 128 Å². The SMILES string of the molecule is CC(C)CN1C(=O)[C@@H](Cc2ccc(Cl)cc2)SC1=S. The summed E-state index contributed by atoms with van der Waals surface area (Å²) < 4.78 is 0.706. The third kappa shape index (κ3) is 3.71. The maximum absolute atomic E-state index is 12.3. The molecule has 2 nitrogen and oxygen atoms in total. The topological polar surface area (TPSA) is 20.3 Å². The minimum Gasteiger partial charge on any atom is -0.296 e. The Hall–Kier alpha value is -0.580. The number of hydrogen-bond donors (Lipinski definition) is 0. The van der Waals surface area contributed by atoms with Gasteiger partial charge in [-0.2, -0.15) is 0 Å². The number of carbonyl (C=O) groups excluding carboxylic acids is 1. The van der Waals surface area contributed by atoms with Crippen molar-refractivity contribution in [3.63, 3.8) is 0 Å². The summed E-state index contributed by atoms with van der Waals surface area (Å²) in [6, 6.07) is 7.63. The van der Waals surface area contributed by atoms with Crippen LogP contribution in [0.5, 0.6) is 0 Å². The van der Waals surface area contributed by atoms with Crippen molar-refractivity contribution in [3.05, 3.63) is 34.9 Å². The number of halogens is 1. The normalized spacial score (nSPS) is 19.6. The van der Waals surface area contributed by atoms with Gasteiger partial charge in [0.25, 0.3) is 0 Å². The number of rotatable bonds is 4. The van der Waals surface area contributed by atoms with Crippen LogP contribution in [0.1, 0.15) is 19.4 Å².